The molecule has 2 N–H and O–H groups in total. The van der Waals surface area contributed by atoms with Gasteiger partial charge in [-0.05, 0) is 61.1 Å². The fraction of sp³-hybridized carbons (Fsp3) is 0.853. The van der Waals surface area contributed by atoms with E-state index in [1.165, 1.54) is 14.0 Å². The highest BCUT2D eigenvalue weighted by molar-refractivity contribution is 6.07. The number of likely N-dealkylation sites (N-methyl/N-ethyl adjacent to an activating group) is 1. The highest BCUT2D eigenvalue weighted by Crippen LogP contribution is 2.42. The van der Waals surface area contributed by atoms with Crippen molar-refractivity contribution in [2.24, 2.45) is 23.2 Å². The van der Waals surface area contributed by atoms with Crippen LogP contribution in [0.4, 0.5) is 4.79 Å². The zero-order valence-corrected chi connectivity index (χ0v) is 30.5. The molecule has 3 heterocycles. The number of ketones is 2. The van der Waals surface area contributed by atoms with Gasteiger partial charge in [0, 0.05) is 30.9 Å². The van der Waals surface area contributed by atoms with E-state index in [0.717, 1.165) is 7.11 Å². The summed E-state index contributed by atoms with van der Waals surface area (Å²) in [6.45, 7) is 13.1. The standard InChI is InChI=1S/C34H56N2O12/c1-13-22-34(8)26(35-31(42)48-34)19(4)24(38)17(2)15-33(7,44-12)28(47-29-25(39)21(36(9)10)14-18(3)45-29)20(5)27(40)32(6,30(41)46-22)16-23(37)43-11/h17-22,25-26,28-29,39H,13-16H2,1-12H3,(H,35,42)/t17-,18-,19-,20+,21+,22+,25-,26?,28-,29?,32?,33+,34?/m1/s1. The quantitative estimate of drug-likeness (QED) is 0.227. The molecule has 48 heavy (non-hydrogen) atoms. The summed E-state index contributed by atoms with van der Waals surface area (Å²) in [6, 6.07) is -1.22. The highest BCUT2D eigenvalue weighted by atomic mass is 16.7. The van der Waals surface area contributed by atoms with E-state index in [0.29, 0.717) is 6.42 Å². The van der Waals surface area contributed by atoms with Crippen molar-refractivity contribution in [3.05, 3.63) is 0 Å². The first-order chi connectivity index (χ1) is 22.2. The van der Waals surface area contributed by atoms with Crippen LogP contribution in [0.5, 0.6) is 0 Å². The number of carbonyl (C=O) groups excluding carboxylic acids is 5. The number of carbonyl (C=O) groups is 5. The van der Waals surface area contributed by atoms with Crippen molar-refractivity contribution in [3.63, 3.8) is 0 Å². The van der Waals surface area contributed by atoms with Crippen LogP contribution in [0.2, 0.25) is 0 Å². The van der Waals surface area contributed by atoms with Gasteiger partial charge in [-0.15, -0.1) is 0 Å². The Morgan fingerprint density at radius 2 is 1.67 bits per heavy atom. The molecule has 13 atom stereocenters. The fourth-order valence-electron chi connectivity index (χ4n) is 7.80. The van der Waals surface area contributed by atoms with E-state index in [1.807, 2.05) is 25.9 Å². The van der Waals surface area contributed by atoms with Gasteiger partial charge in [0.25, 0.3) is 0 Å². The van der Waals surface area contributed by atoms with E-state index in [1.54, 1.807) is 41.5 Å². The van der Waals surface area contributed by atoms with Crippen LogP contribution in [0.15, 0.2) is 0 Å². The third-order valence-electron chi connectivity index (χ3n) is 10.8. The van der Waals surface area contributed by atoms with Crippen molar-refractivity contribution in [2.45, 2.75) is 135 Å². The molecule has 0 radical (unpaired) electrons. The lowest BCUT2D eigenvalue weighted by Gasteiger charge is -2.47. The molecule has 274 valence electrons. The molecule has 3 rings (SSSR count). The molecule has 3 aliphatic rings. The van der Waals surface area contributed by atoms with E-state index in [2.05, 4.69) is 5.32 Å². The fourth-order valence-corrected chi connectivity index (χ4v) is 7.80. The minimum Gasteiger partial charge on any atom is -0.469 e. The number of esters is 2. The first-order valence-corrected chi connectivity index (χ1v) is 16.8. The van der Waals surface area contributed by atoms with E-state index in [-0.39, 0.29) is 30.8 Å². The van der Waals surface area contributed by atoms with Gasteiger partial charge in [0.15, 0.2) is 17.7 Å². The molecule has 0 aromatic rings. The molecule has 4 unspecified atom stereocenters. The average molecular weight is 685 g/mol. The zero-order valence-electron chi connectivity index (χ0n) is 30.5. The Hall–Kier alpha value is -2.65. The number of methoxy groups -OCH3 is 2. The number of nitrogens with one attached hydrogen (secondary N) is 1. The van der Waals surface area contributed by atoms with Crippen molar-refractivity contribution in [1.29, 1.82) is 0 Å². The highest BCUT2D eigenvalue weighted by Gasteiger charge is 2.59. The second kappa shape index (κ2) is 15.1. The molecule has 3 fully saturated rings. The van der Waals surface area contributed by atoms with Crippen LogP contribution in [0.25, 0.3) is 0 Å². The van der Waals surface area contributed by atoms with Gasteiger partial charge >= 0.3 is 18.0 Å². The number of aliphatic hydroxyl groups excluding tert-OH is 1. The third-order valence-corrected chi connectivity index (χ3v) is 10.8. The largest absolute Gasteiger partial charge is 0.469 e. The van der Waals surface area contributed by atoms with Gasteiger partial charge < -0.3 is 43.7 Å². The van der Waals surface area contributed by atoms with Crippen LogP contribution >= 0.6 is 0 Å². The lowest BCUT2D eigenvalue weighted by molar-refractivity contribution is -0.295. The summed E-state index contributed by atoms with van der Waals surface area (Å²) in [6.07, 6.45) is -5.59. The van der Waals surface area contributed by atoms with Crippen LogP contribution in [-0.2, 0) is 47.6 Å². The Kier molecular flexibility index (Phi) is 12.5. The van der Waals surface area contributed by atoms with Gasteiger partial charge in [0.05, 0.1) is 37.4 Å². The summed E-state index contributed by atoms with van der Waals surface area (Å²) in [5.41, 5.74) is -4.93. The Bertz CT molecular complexity index is 1230. The molecule has 3 aliphatic heterocycles. The number of ether oxygens (including phenoxy) is 6. The lowest BCUT2D eigenvalue weighted by Crippen LogP contribution is -2.61. The van der Waals surface area contributed by atoms with Gasteiger partial charge in [0.1, 0.15) is 23.4 Å². The van der Waals surface area contributed by atoms with Crippen molar-refractivity contribution in [1.82, 2.24) is 10.2 Å². The Morgan fingerprint density at radius 3 is 2.21 bits per heavy atom. The molecular formula is C34H56N2O12. The van der Waals surface area contributed by atoms with Gasteiger partial charge in [-0.25, -0.2) is 4.79 Å². The number of aliphatic hydroxyl groups is 1. The van der Waals surface area contributed by atoms with Crippen molar-refractivity contribution >= 4 is 29.6 Å². The number of amides is 1. The SMILES string of the molecule is CC[C@@H]1OC(=O)C(C)(CC(=O)OC)C(=O)[C@H](C)[C@@H](OC2O[C@H](C)C[C@H](N(C)C)[C@H]2O)[C@@](C)(OC)C[C@@H](C)C(=O)[C@@H](C)C2NC(=O)OC21C. The molecule has 14 nitrogen and oxygen atoms in total. The molecule has 0 spiro atoms. The van der Waals surface area contributed by atoms with Gasteiger partial charge in [-0.3, -0.25) is 19.2 Å². The average Bonchev–Trinajstić information content (AvgIpc) is 3.35. The predicted molar refractivity (Wildman–Crippen MR) is 172 cm³/mol. The van der Waals surface area contributed by atoms with Gasteiger partial charge in [-0.1, -0.05) is 27.7 Å². The number of Topliss-reactive ketones (excluding diaryl/α,β-unsaturated/α-hetero) is 2. The molecular weight excluding hydrogens is 628 g/mol. The number of hydrogen-bond donors (Lipinski definition) is 2. The maximum atomic E-state index is 14.7. The second-order valence-electron chi connectivity index (χ2n) is 14.7. The lowest BCUT2D eigenvalue weighted by atomic mass is 9.70. The molecule has 0 saturated carbocycles. The smallest absolute Gasteiger partial charge is 0.408 e. The molecule has 0 aromatic heterocycles. The maximum absolute atomic E-state index is 14.7. The minimum atomic E-state index is -2.08. The maximum Gasteiger partial charge on any atom is 0.408 e. The summed E-state index contributed by atoms with van der Waals surface area (Å²) < 4.78 is 35.3. The number of cyclic esters (lactones) is 1. The monoisotopic (exact) mass is 684 g/mol. The van der Waals surface area contributed by atoms with E-state index in [9.17, 15) is 29.1 Å². The van der Waals surface area contributed by atoms with Crippen LogP contribution < -0.4 is 5.32 Å². The summed E-state index contributed by atoms with van der Waals surface area (Å²) in [4.78, 5) is 70.3. The normalized spacial score (nSPS) is 43.1. The Labute approximate surface area is 283 Å². The molecule has 3 saturated heterocycles. The Balaban J connectivity index is 2.23. The number of nitrogens with zero attached hydrogens (tertiary/aromatic N) is 1. The van der Waals surface area contributed by atoms with Crippen LogP contribution in [0.1, 0.15) is 81.1 Å². The second-order valence-corrected chi connectivity index (χ2v) is 14.7. The zero-order chi connectivity index (χ0) is 36.5. The van der Waals surface area contributed by atoms with Crippen molar-refractivity contribution in [2.75, 3.05) is 28.3 Å². The number of fused-ring (bicyclic) bond motifs is 1. The molecule has 1 amide bonds. The summed E-state index contributed by atoms with van der Waals surface area (Å²) in [7, 11) is 6.24. The Morgan fingerprint density at radius 1 is 1.04 bits per heavy atom. The molecule has 14 heteroatoms. The number of rotatable bonds is 7. The van der Waals surface area contributed by atoms with E-state index >= 15 is 0 Å². The van der Waals surface area contributed by atoms with E-state index < -0.39 is 95.3 Å². The first-order valence-electron chi connectivity index (χ1n) is 16.8. The van der Waals surface area contributed by atoms with Gasteiger partial charge in [0.2, 0.25) is 0 Å². The predicted octanol–water partition coefficient (Wildman–Crippen LogP) is 2.41. The first kappa shape index (κ1) is 39.8. The third kappa shape index (κ3) is 7.57. The molecule has 0 aromatic carbocycles. The van der Waals surface area contributed by atoms with Crippen LogP contribution in [-0.4, -0.2) is 122 Å². The minimum absolute atomic E-state index is 0.0536. The topological polar surface area (TPSA) is 176 Å². The van der Waals surface area contributed by atoms with Crippen LogP contribution in [0, 0.1) is 23.2 Å². The summed E-state index contributed by atoms with van der Waals surface area (Å²) in [5.74, 6) is -5.43. The molecule has 0 aliphatic carbocycles. The summed E-state index contributed by atoms with van der Waals surface area (Å²) in [5, 5.41) is 14.1. The van der Waals surface area contributed by atoms with Gasteiger partial charge in [-0.2, -0.15) is 0 Å². The van der Waals surface area contributed by atoms with Crippen molar-refractivity contribution in [3.8, 4) is 0 Å². The number of alkyl carbamates (subject to hydrolysis) is 1. The van der Waals surface area contributed by atoms with E-state index in [4.69, 9.17) is 28.4 Å². The summed E-state index contributed by atoms with van der Waals surface area (Å²) >= 11 is 0. The van der Waals surface area contributed by atoms with Crippen LogP contribution in [0.3, 0.4) is 0 Å². The molecule has 0 bridgehead atoms. The number of hydrogen-bond acceptors (Lipinski definition) is 13. The van der Waals surface area contributed by atoms with Crippen molar-refractivity contribution < 1.29 is 57.5 Å².